The third kappa shape index (κ3) is 7.81. The average Bonchev–Trinajstić information content (AvgIpc) is 3.89. The smallest absolute Gasteiger partial charge is 0.136 e. The molecule has 2 aliphatic carbocycles. The Kier molecular flexibility index (Phi) is 11.5. The van der Waals surface area contributed by atoms with E-state index in [0.29, 0.717) is 0 Å². The van der Waals surface area contributed by atoms with Gasteiger partial charge in [-0.1, -0.05) is 218 Å². The fourth-order valence-corrected chi connectivity index (χ4v) is 9.83. The van der Waals surface area contributed by atoms with Crippen LogP contribution in [0.1, 0.15) is 38.9 Å². The summed E-state index contributed by atoms with van der Waals surface area (Å²) >= 11 is 0. The van der Waals surface area contributed by atoms with Crippen LogP contribution in [0.2, 0.25) is 0 Å². The van der Waals surface area contributed by atoms with Gasteiger partial charge in [0.1, 0.15) is 11.2 Å². The molecule has 67 heavy (non-hydrogen) atoms. The van der Waals surface area contributed by atoms with Crippen LogP contribution in [0.5, 0.6) is 0 Å². The summed E-state index contributed by atoms with van der Waals surface area (Å²) in [5.74, 6) is 0. The van der Waals surface area contributed by atoms with Gasteiger partial charge in [-0.05, 0) is 111 Å². The molecule has 1 spiro atoms. The van der Waals surface area contributed by atoms with Crippen LogP contribution in [0.15, 0.2) is 241 Å². The van der Waals surface area contributed by atoms with Crippen LogP contribution in [0.4, 0.5) is 5.69 Å². The highest BCUT2D eigenvalue weighted by atomic mass is 16.3. The SMILES string of the molecule is C=C1/C=C\C=C/c2c(-c3ccccc3N)cccc2C12c1ccc(-c3ccc4c(c3)oc3ccccc34)cc1-c1c(C=N)cccc12.Cc1ccc(-c2ccccc2)cc1.Cc1ccccc1. The van der Waals surface area contributed by atoms with E-state index in [4.69, 9.17) is 22.1 Å². The van der Waals surface area contributed by atoms with E-state index < -0.39 is 5.41 Å². The topological polar surface area (TPSA) is 63.0 Å². The number of hydrogen-bond acceptors (Lipinski definition) is 3. The quantitative estimate of drug-likeness (QED) is 0.137. The van der Waals surface area contributed by atoms with E-state index in [0.717, 1.165) is 94.4 Å². The second kappa shape index (κ2) is 18.2. The number of allylic oxidation sites excluding steroid dienone is 4. The second-order valence-electron chi connectivity index (χ2n) is 17.2. The van der Waals surface area contributed by atoms with Crippen molar-refractivity contribution in [2.45, 2.75) is 19.3 Å². The van der Waals surface area contributed by atoms with Gasteiger partial charge in [0.15, 0.2) is 0 Å². The van der Waals surface area contributed by atoms with Gasteiger partial charge in [-0.2, -0.15) is 0 Å². The lowest BCUT2D eigenvalue weighted by atomic mass is 9.65. The van der Waals surface area contributed by atoms with Crippen LogP contribution < -0.4 is 5.73 Å². The molecule has 0 radical (unpaired) electrons. The monoisotopic (exact) mass is 862 g/mol. The van der Waals surface area contributed by atoms with E-state index in [1.165, 1.54) is 28.5 Å². The lowest BCUT2D eigenvalue weighted by Gasteiger charge is -2.36. The molecular formula is C64H50N2O. The lowest BCUT2D eigenvalue weighted by Crippen LogP contribution is -2.30. The molecule has 1 aromatic heterocycles. The molecule has 0 saturated carbocycles. The Morgan fingerprint density at radius 2 is 1.07 bits per heavy atom. The van der Waals surface area contributed by atoms with Crippen LogP contribution in [-0.2, 0) is 5.41 Å². The van der Waals surface area contributed by atoms with Crippen molar-refractivity contribution in [3.63, 3.8) is 0 Å². The summed E-state index contributed by atoms with van der Waals surface area (Å²) in [5.41, 5.74) is 26.4. The largest absolute Gasteiger partial charge is 0.456 e. The third-order valence-electron chi connectivity index (χ3n) is 13.1. The van der Waals surface area contributed by atoms with Gasteiger partial charge in [0.05, 0.1) is 5.41 Å². The molecule has 12 rings (SSSR count). The van der Waals surface area contributed by atoms with Crippen molar-refractivity contribution < 1.29 is 4.42 Å². The average molecular weight is 863 g/mol. The predicted octanol–water partition coefficient (Wildman–Crippen LogP) is 16.6. The lowest BCUT2D eigenvalue weighted by molar-refractivity contribution is 0.669. The molecule has 3 N–H and O–H groups in total. The van der Waals surface area contributed by atoms with Crippen LogP contribution in [-0.4, -0.2) is 6.21 Å². The Labute approximate surface area is 393 Å². The molecule has 0 saturated heterocycles. The molecule has 2 aliphatic rings. The maximum absolute atomic E-state index is 8.46. The van der Waals surface area contributed by atoms with Crippen molar-refractivity contribution in [1.82, 2.24) is 0 Å². The van der Waals surface area contributed by atoms with Gasteiger partial charge < -0.3 is 15.6 Å². The zero-order chi connectivity index (χ0) is 45.9. The van der Waals surface area contributed by atoms with Crippen molar-refractivity contribution in [3.05, 3.63) is 276 Å². The summed E-state index contributed by atoms with van der Waals surface area (Å²) in [5, 5.41) is 10.7. The fraction of sp³-hybridized carbons (Fsp3) is 0.0469. The number of anilines is 1. The zero-order valence-corrected chi connectivity index (χ0v) is 37.7. The van der Waals surface area contributed by atoms with Crippen LogP contribution >= 0.6 is 0 Å². The Hall–Kier alpha value is -8.53. The molecule has 1 atom stereocenters. The first-order valence-corrected chi connectivity index (χ1v) is 22.7. The van der Waals surface area contributed by atoms with Gasteiger partial charge in [-0.3, -0.25) is 0 Å². The number of hydrogen-bond donors (Lipinski definition) is 2. The highest BCUT2D eigenvalue weighted by Crippen LogP contribution is 2.59. The van der Waals surface area contributed by atoms with E-state index in [-0.39, 0.29) is 0 Å². The van der Waals surface area contributed by atoms with Crippen LogP contribution in [0, 0.1) is 19.3 Å². The second-order valence-corrected chi connectivity index (χ2v) is 17.2. The fourth-order valence-electron chi connectivity index (χ4n) is 9.83. The van der Waals surface area contributed by atoms with Crippen molar-refractivity contribution in [2.75, 3.05) is 5.73 Å². The van der Waals surface area contributed by atoms with Crippen LogP contribution in [0.25, 0.3) is 72.5 Å². The third-order valence-corrected chi connectivity index (χ3v) is 13.1. The maximum Gasteiger partial charge on any atom is 0.136 e. The molecule has 0 bridgehead atoms. The summed E-state index contributed by atoms with van der Waals surface area (Å²) in [6.45, 7) is 8.93. The van der Waals surface area contributed by atoms with Gasteiger partial charge >= 0.3 is 0 Å². The molecule has 3 nitrogen and oxygen atoms in total. The highest BCUT2D eigenvalue weighted by Gasteiger charge is 2.48. The molecule has 1 heterocycles. The van der Waals surface area contributed by atoms with E-state index in [2.05, 4.69) is 178 Å². The summed E-state index contributed by atoms with van der Waals surface area (Å²) in [6.07, 6.45) is 9.95. The zero-order valence-electron chi connectivity index (χ0n) is 37.7. The van der Waals surface area contributed by atoms with Crippen molar-refractivity contribution in [3.8, 4) is 44.5 Å². The van der Waals surface area contributed by atoms with E-state index >= 15 is 0 Å². The standard InChI is InChI=1S/C44H30N2O.C13H12.C7H8/c1-27-10-2-3-12-32-31(33-13-4-6-18-40(33)46)15-9-16-37(32)44(27)38-23-21-28(24-36(38)43-30(26-45)11-8-17-39(43)44)29-20-22-35-34-14-5-7-19-41(34)47-42(35)25-29;1-11-7-9-13(10-8-11)12-5-3-2-4-6-12;1-7-5-3-2-4-6-7/h2-26,45H,1,46H2;2-10H,1H3;2-6H,1H3/b10-2-,12-3-,45-26?;;. The number of nitrogens with two attached hydrogens (primary N) is 1. The summed E-state index contributed by atoms with van der Waals surface area (Å²) in [4.78, 5) is 0. The number of aryl methyl sites for hydroxylation is 2. The van der Waals surface area contributed by atoms with E-state index in [1.54, 1.807) is 0 Å². The molecule has 0 aliphatic heterocycles. The van der Waals surface area contributed by atoms with Gasteiger partial charge in [0.2, 0.25) is 0 Å². The Bertz CT molecular complexity index is 3520. The number of rotatable bonds is 4. The molecule has 322 valence electrons. The van der Waals surface area contributed by atoms with Gasteiger partial charge in [0.25, 0.3) is 0 Å². The number of fused-ring (bicyclic) bond motifs is 10. The number of para-hydroxylation sites is 2. The Balaban J connectivity index is 0.000000216. The summed E-state index contributed by atoms with van der Waals surface area (Å²) < 4.78 is 6.26. The van der Waals surface area contributed by atoms with Crippen molar-refractivity contribution in [2.24, 2.45) is 0 Å². The van der Waals surface area contributed by atoms with E-state index in [9.17, 15) is 0 Å². The molecule has 3 heteroatoms. The first-order valence-electron chi connectivity index (χ1n) is 22.7. The summed E-state index contributed by atoms with van der Waals surface area (Å²) in [6, 6.07) is 71.5. The van der Waals surface area contributed by atoms with Crippen LogP contribution in [0.3, 0.4) is 0 Å². The Morgan fingerprint density at radius 3 is 1.84 bits per heavy atom. The van der Waals surface area contributed by atoms with Gasteiger partial charge in [-0.25, -0.2) is 0 Å². The summed E-state index contributed by atoms with van der Waals surface area (Å²) in [7, 11) is 0. The molecule has 0 fully saturated rings. The van der Waals surface area contributed by atoms with Gasteiger partial charge in [0, 0.05) is 33.8 Å². The normalized spacial score (nSPS) is 15.2. The first kappa shape index (κ1) is 42.4. The number of benzene rings is 9. The predicted molar refractivity (Wildman–Crippen MR) is 284 cm³/mol. The minimum atomic E-state index is -0.680. The highest BCUT2D eigenvalue weighted by molar-refractivity contribution is 6.06. The molecule has 1 unspecified atom stereocenters. The molecular weight excluding hydrogens is 813 g/mol. The number of nitrogens with one attached hydrogen (secondary N) is 1. The van der Waals surface area contributed by atoms with Crippen molar-refractivity contribution >= 4 is 39.9 Å². The number of furan rings is 1. The van der Waals surface area contributed by atoms with E-state index in [1.807, 2.05) is 66.7 Å². The molecule has 9 aromatic carbocycles. The van der Waals surface area contributed by atoms with Gasteiger partial charge in [-0.15, -0.1) is 0 Å². The maximum atomic E-state index is 8.46. The molecule has 10 aromatic rings. The van der Waals surface area contributed by atoms with Crippen molar-refractivity contribution in [1.29, 1.82) is 5.41 Å². The first-order chi connectivity index (χ1) is 32.8. The minimum Gasteiger partial charge on any atom is -0.456 e. The number of nitrogen functional groups attached to an aromatic ring is 1. The molecule has 0 amide bonds. The minimum absolute atomic E-state index is 0.680. The Morgan fingerprint density at radius 1 is 0.478 bits per heavy atom.